The van der Waals surface area contributed by atoms with Crippen molar-refractivity contribution in [2.75, 3.05) is 11.9 Å². The molecule has 1 saturated carbocycles. The Labute approximate surface area is 111 Å². The second-order valence-corrected chi connectivity index (χ2v) is 6.19. The summed E-state index contributed by atoms with van der Waals surface area (Å²) in [4.78, 5) is 0. The molecule has 1 nitrogen and oxygen atoms in total. The Bertz CT molecular complexity index is 390. The SMILES string of the molecule is CCC1CCC(C2CNc3ccccc3C2)CC1. The number of benzene rings is 1. The standard InChI is InChI=1S/C17H25N/c1-2-13-7-9-14(10-8-13)16-11-15-5-3-4-6-17(15)18-12-16/h3-6,13-14,16,18H,2,7-12H2,1H3. The van der Waals surface area contributed by atoms with Crippen LogP contribution in [0.25, 0.3) is 0 Å². The Hall–Kier alpha value is -0.980. The van der Waals surface area contributed by atoms with E-state index in [1.54, 1.807) is 0 Å². The van der Waals surface area contributed by atoms with Crippen molar-refractivity contribution in [2.24, 2.45) is 17.8 Å². The molecule has 1 unspecified atom stereocenters. The summed E-state index contributed by atoms with van der Waals surface area (Å²) in [5.74, 6) is 2.86. The first-order chi connectivity index (χ1) is 8.86. The minimum Gasteiger partial charge on any atom is -0.385 e. The monoisotopic (exact) mass is 243 g/mol. The average Bonchev–Trinajstić information content (AvgIpc) is 2.47. The minimum absolute atomic E-state index is 0.873. The second-order valence-electron chi connectivity index (χ2n) is 6.19. The van der Waals surface area contributed by atoms with Crippen molar-refractivity contribution in [3.05, 3.63) is 29.8 Å². The lowest BCUT2D eigenvalue weighted by molar-refractivity contribution is 0.204. The minimum atomic E-state index is 0.873. The maximum atomic E-state index is 3.64. The third-order valence-corrected chi connectivity index (χ3v) is 5.19. The molecule has 0 radical (unpaired) electrons. The Kier molecular flexibility index (Phi) is 3.58. The van der Waals surface area contributed by atoms with Crippen LogP contribution in [0.4, 0.5) is 5.69 Å². The molecule has 18 heavy (non-hydrogen) atoms. The fourth-order valence-corrected chi connectivity index (χ4v) is 3.87. The summed E-state index contributed by atoms with van der Waals surface area (Å²) in [6.07, 6.45) is 8.56. The highest BCUT2D eigenvalue weighted by molar-refractivity contribution is 5.53. The molecule has 1 aromatic carbocycles. The summed E-state index contributed by atoms with van der Waals surface area (Å²) in [5, 5.41) is 3.64. The molecule has 0 amide bonds. The molecule has 0 aromatic heterocycles. The predicted molar refractivity (Wildman–Crippen MR) is 77.9 cm³/mol. The number of hydrogen-bond acceptors (Lipinski definition) is 1. The molecule has 3 rings (SSSR count). The summed E-state index contributed by atoms with van der Waals surface area (Å²) < 4.78 is 0. The molecule has 1 aliphatic heterocycles. The molecule has 0 spiro atoms. The van der Waals surface area contributed by atoms with Crippen LogP contribution in [-0.2, 0) is 6.42 Å². The molecule has 1 aromatic rings. The molecule has 1 heterocycles. The quantitative estimate of drug-likeness (QED) is 0.807. The van der Waals surface area contributed by atoms with Crippen LogP contribution >= 0.6 is 0 Å². The van der Waals surface area contributed by atoms with E-state index in [-0.39, 0.29) is 0 Å². The van der Waals surface area contributed by atoms with E-state index in [1.807, 2.05) is 0 Å². The first kappa shape index (κ1) is 12.1. The topological polar surface area (TPSA) is 12.0 Å². The van der Waals surface area contributed by atoms with Gasteiger partial charge >= 0.3 is 0 Å². The van der Waals surface area contributed by atoms with Gasteiger partial charge in [-0.15, -0.1) is 0 Å². The lowest BCUT2D eigenvalue weighted by atomic mass is 9.72. The molecule has 1 atom stereocenters. The fraction of sp³-hybridized carbons (Fsp3) is 0.647. The smallest absolute Gasteiger partial charge is 0.0372 e. The van der Waals surface area contributed by atoms with E-state index in [9.17, 15) is 0 Å². The van der Waals surface area contributed by atoms with Crippen molar-refractivity contribution in [3.63, 3.8) is 0 Å². The van der Waals surface area contributed by atoms with E-state index >= 15 is 0 Å². The molecule has 2 aliphatic rings. The van der Waals surface area contributed by atoms with Gasteiger partial charge in [-0.2, -0.15) is 0 Å². The van der Waals surface area contributed by atoms with Crippen molar-refractivity contribution in [3.8, 4) is 0 Å². The number of fused-ring (bicyclic) bond motifs is 1. The Balaban J connectivity index is 1.63. The highest BCUT2D eigenvalue weighted by Crippen LogP contribution is 2.38. The normalized spacial score (nSPS) is 31.5. The predicted octanol–water partition coefficient (Wildman–Crippen LogP) is 4.49. The number of para-hydroxylation sites is 1. The lowest BCUT2D eigenvalue weighted by Gasteiger charge is -2.36. The number of nitrogens with one attached hydrogen (secondary N) is 1. The summed E-state index contributed by atoms with van der Waals surface area (Å²) in [6.45, 7) is 3.54. The van der Waals surface area contributed by atoms with Crippen molar-refractivity contribution in [1.29, 1.82) is 0 Å². The van der Waals surface area contributed by atoms with Crippen LogP contribution in [0.15, 0.2) is 24.3 Å². The molecule has 1 aliphatic carbocycles. The third kappa shape index (κ3) is 2.41. The second kappa shape index (κ2) is 5.34. The van der Waals surface area contributed by atoms with E-state index in [2.05, 4.69) is 36.5 Å². The molecule has 0 bridgehead atoms. The van der Waals surface area contributed by atoms with Crippen LogP contribution in [0.3, 0.4) is 0 Å². The molecular formula is C17H25N. The molecular weight excluding hydrogens is 218 g/mol. The van der Waals surface area contributed by atoms with Gasteiger partial charge in [0.05, 0.1) is 0 Å². The number of hydrogen-bond donors (Lipinski definition) is 1. The van der Waals surface area contributed by atoms with Crippen LogP contribution in [0, 0.1) is 17.8 Å². The highest BCUT2D eigenvalue weighted by atomic mass is 14.9. The number of rotatable bonds is 2. The number of anilines is 1. The molecule has 0 saturated heterocycles. The van der Waals surface area contributed by atoms with Crippen LogP contribution in [-0.4, -0.2) is 6.54 Å². The van der Waals surface area contributed by atoms with Crippen LogP contribution < -0.4 is 5.32 Å². The fourth-order valence-electron chi connectivity index (χ4n) is 3.87. The van der Waals surface area contributed by atoms with Crippen molar-refractivity contribution < 1.29 is 0 Å². The molecule has 1 heteroatoms. The zero-order valence-corrected chi connectivity index (χ0v) is 11.5. The summed E-state index contributed by atoms with van der Waals surface area (Å²) in [5.41, 5.74) is 2.90. The van der Waals surface area contributed by atoms with Crippen molar-refractivity contribution in [2.45, 2.75) is 45.4 Å². The van der Waals surface area contributed by atoms with Crippen LogP contribution in [0.5, 0.6) is 0 Å². The summed E-state index contributed by atoms with van der Waals surface area (Å²) in [6, 6.07) is 8.83. The summed E-state index contributed by atoms with van der Waals surface area (Å²) in [7, 11) is 0. The maximum Gasteiger partial charge on any atom is 0.0372 e. The molecule has 1 fully saturated rings. The van der Waals surface area contributed by atoms with E-state index in [0.29, 0.717) is 0 Å². The highest BCUT2D eigenvalue weighted by Gasteiger charge is 2.29. The van der Waals surface area contributed by atoms with Gasteiger partial charge < -0.3 is 5.32 Å². The van der Waals surface area contributed by atoms with E-state index < -0.39 is 0 Å². The van der Waals surface area contributed by atoms with Crippen LogP contribution in [0.2, 0.25) is 0 Å². The lowest BCUT2D eigenvalue weighted by Crippen LogP contribution is -2.31. The van der Waals surface area contributed by atoms with Gasteiger partial charge in [0, 0.05) is 12.2 Å². The summed E-state index contributed by atoms with van der Waals surface area (Å²) >= 11 is 0. The molecule has 1 N–H and O–H groups in total. The van der Waals surface area contributed by atoms with Gasteiger partial charge in [0.2, 0.25) is 0 Å². The largest absolute Gasteiger partial charge is 0.385 e. The van der Waals surface area contributed by atoms with E-state index in [0.717, 1.165) is 17.8 Å². The Morgan fingerprint density at radius 3 is 2.61 bits per heavy atom. The van der Waals surface area contributed by atoms with Gasteiger partial charge in [0.15, 0.2) is 0 Å². The zero-order valence-electron chi connectivity index (χ0n) is 11.5. The first-order valence-electron chi connectivity index (χ1n) is 7.68. The van der Waals surface area contributed by atoms with E-state index in [4.69, 9.17) is 0 Å². The zero-order chi connectivity index (χ0) is 12.4. The van der Waals surface area contributed by atoms with Crippen molar-refractivity contribution in [1.82, 2.24) is 0 Å². The van der Waals surface area contributed by atoms with Crippen molar-refractivity contribution >= 4 is 5.69 Å². The van der Waals surface area contributed by atoms with Gasteiger partial charge in [0.1, 0.15) is 0 Å². The van der Waals surface area contributed by atoms with Gasteiger partial charge in [0.25, 0.3) is 0 Å². The maximum absolute atomic E-state index is 3.64. The first-order valence-corrected chi connectivity index (χ1v) is 7.68. The average molecular weight is 243 g/mol. The van der Waals surface area contributed by atoms with Crippen LogP contribution in [0.1, 0.15) is 44.6 Å². The van der Waals surface area contributed by atoms with Gasteiger partial charge in [-0.1, -0.05) is 44.4 Å². The van der Waals surface area contributed by atoms with Gasteiger partial charge in [-0.25, -0.2) is 0 Å². The van der Waals surface area contributed by atoms with Gasteiger partial charge in [-0.3, -0.25) is 0 Å². The molecule has 98 valence electrons. The van der Waals surface area contributed by atoms with E-state index in [1.165, 1.54) is 56.3 Å². The third-order valence-electron chi connectivity index (χ3n) is 5.19. The van der Waals surface area contributed by atoms with Gasteiger partial charge in [-0.05, 0) is 48.6 Å². The Morgan fingerprint density at radius 2 is 1.83 bits per heavy atom. The Morgan fingerprint density at radius 1 is 1.06 bits per heavy atom.